The van der Waals surface area contributed by atoms with Crippen LogP contribution in [0, 0.1) is 0 Å². The summed E-state index contributed by atoms with van der Waals surface area (Å²) >= 11 is 3.53. The molecule has 23 heavy (non-hydrogen) atoms. The number of para-hydroxylation sites is 1. The van der Waals surface area contributed by atoms with Gasteiger partial charge in [0, 0.05) is 5.69 Å². The molecule has 2 aromatic carbocycles. The van der Waals surface area contributed by atoms with Crippen LogP contribution in [0.2, 0.25) is 0 Å². The molecule has 1 N–H and O–H groups in total. The molecule has 120 valence electrons. The van der Waals surface area contributed by atoms with Crippen LogP contribution in [0.4, 0.5) is 5.69 Å². The second kappa shape index (κ2) is 6.62. The van der Waals surface area contributed by atoms with E-state index in [-0.39, 0.29) is 11.8 Å². The minimum Gasteiger partial charge on any atom is -0.493 e. The van der Waals surface area contributed by atoms with Crippen molar-refractivity contribution in [1.82, 2.24) is 0 Å². The van der Waals surface area contributed by atoms with Gasteiger partial charge in [0.2, 0.25) is 5.91 Å². The van der Waals surface area contributed by atoms with Crippen molar-refractivity contribution in [2.45, 2.75) is 19.3 Å². The molecule has 0 aliphatic carbocycles. The van der Waals surface area contributed by atoms with Crippen LogP contribution in [0.25, 0.3) is 0 Å². The molecule has 1 aliphatic rings. The van der Waals surface area contributed by atoms with Crippen molar-refractivity contribution in [2.75, 3.05) is 19.0 Å². The van der Waals surface area contributed by atoms with E-state index in [1.807, 2.05) is 43.3 Å². The van der Waals surface area contributed by atoms with E-state index in [1.165, 1.54) is 0 Å². The second-order valence-electron chi connectivity index (χ2n) is 5.38. The number of amides is 1. The molecule has 2 aromatic rings. The van der Waals surface area contributed by atoms with Crippen molar-refractivity contribution in [3.63, 3.8) is 0 Å². The van der Waals surface area contributed by atoms with E-state index in [0.29, 0.717) is 24.5 Å². The number of fused-ring (bicyclic) bond motifs is 1. The Morgan fingerprint density at radius 3 is 2.78 bits per heavy atom. The highest BCUT2D eigenvalue weighted by atomic mass is 79.9. The summed E-state index contributed by atoms with van der Waals surface area (Å²) in [6.45, 7) is 2.49. The number of anilines is 1. The summed E-state index contributed by atoms with van der Waals surface area (Å²) in [5, 5.41) is 2.94. The maximum absolute atomic E-state index is 12.3. The number of carbonyl (C=O) groups is 1. The van der Waals surface area contributed by atoms with Crippen LogP contribution in [-0.4, -0.2) is 19.6 Å². The molecular formula is C18H18BrNO3. The third-order valence-corrected chi connectivity index (χ3v) is 4.52. The zero-order valence-corrected chi connectivity index (χ0v) is 14.6. The van der Waals surface area contributed by atoms with E-state index >= 15 is 0 Å². The summed E-state index contributed by atoms with van der Waals surface area (Å²) in [4.78, 5) is 12.3. The maximum atomic E-state index is 12.3. The Morgan fingerprint density at radius 2 is 2.04 bits per heavy atom. The molecule has 1 aliphatic heterocycles. The van der Waals surface area contributed by atoms with Gasteiger partial charge in [0.15, 0.2) is 11.5 Å². The zero-order valence-electron chi connectivity index (χ0n) is 13.1. The fourth-order valence-electron chi connectivity index (χ4n) is 2.89. The van der Waals surface area contributed by atoms with Crippen molar-refractivity contribution in [1.29, 1.82) is 0 Å². The first-order valence-electron chi connectivity index (χ1n) is 7.53. The molecule has 4 nitrogen and oxygen atoms in total. The molecule has 0 spiro atoms. The molecule has 5 heteroatoms. The molecule has 1 atom stereocenters. The van der Waals surface area contributed by atoms with Crippen LogP contribution in [0.5, 0.6) is 11.5 Å². The average molecular weight is 376 g/mol. The van der Waals surface area contributed by atoms with Gasteiger partial charge in [-0.3, -0.25) is 4.79 Å². The Bertz CT molecular complexity index is 745. The molecule has 0 saturated heterocycles. The highest BCUT2D eigenvalue weighted by Gasteiger charge is 2.30. The van der Waals surface area contributed by atoms with Gasteiger partial charge in [-0.05, 0) is 58.6 Å². The Kier molecular flexibility index (Phi) is 4.57. The molecule has 0 bridgehead atoms. The van der Waals surface area contributed by atoms with Crippen LogP contribution >= 0.6 is 15.9 Å². The lowest BCUT2D eigenvalue weighted by molar-refractivity contribution is -0.117. The number of methoxy groups -OCH3 is 1. The first kappa shape index (κ1) is 15.9. The minimum absolute atomic E-state index is 0.0372. The summed E-state index contributed by atoms with van der Waals surface area (Å²) in [5.41, 5.74) is 2.97. The van der Waals surface area contributed by atoms with Gasteiger partial charge < -0.3 is 14.8 Å². The Balaban J connectivity index is 1.92. The van der Waals surface area contributed by atoms with Crippen molar-refractivity contribution < 1.29 is 14.3 Å². The van der Waals surface area contributed by atoms with Crippen molar-refractivity contribution in [2.24, 2.45) is 0 Å². The summed E-state index contributed by atoms with van der Waals surface area (Å²) in [5.74, 6) is 1.22. The number of halogens is 1. The van der Waals surface area contributed by atoms with Crippen LogP contribution in [0.15, 0.2) is 40.9 Å². The van der Waals surface area contributed by atoms with Gasteiger partial charge in [0.25, 0.3) is 0 Å². The lowest BCUT2D eigenvalue weighted by Gasteiger charge is -2.15. The number of rotatable bonds is 5. The van der Waals surface area contributed by atoms with E-state index in [2.05, 4.69) is 21.2 Å². The van der Waals surface area contributed by atoms with Crippen LogP contribution in [-0.2, 0) is 11.2 Å². The SMILES string of the molecule is CCOc1c(Br)cc(CC2C(=O)Nc3ccccc32)cc1OC. The predicted molar refractivity (Wildman–Crippen MR) is 93.4 cm³/mol. The number of nitrogens with one attached hydrogen (secondary N) is 1. The first-order chi connectivity index (χ1) is 11.1. The third kappa shape index (κ3) is 3.06. The molecule has 0 radical (unpaired) electrons. The van der Waals surface area contributed by atoms with Gasteiger partial charge in [-0.1, -0.05) is 18.2 Å². The predicted octanol–water partition coefficient (Wildman–Crippen LogP) is 4.13. The summed E-state index contributed by atoms with van der Waals surface area (Å²) in [6, 6.07) is 11.7. The summed E-state index contributed by atoms with van der Waals surface area (Å²) in [7, 11) is 1.62. The molecule has 0 fully saturated rings. The minimum atomic E-state index is -0.180. The summed E-state index contributed by atoms with van der Waals surface area (Å²) < 4.78 is 11.9. The first-order valence-corrected chi connectivity index (χ1v) is 8.32. The maximum Gasteiger partial charge on any atom is 0.232 e. The quantitative estimate of drug-likeness (QED) is 0.854. The van der Waals surface area contributed by atoms with E-state index in [4.69, 9.17) is 9.47 Å². The second-order valence-corrected chi connectivity index (χ2v) is 6.23. The number of hydrogen-bond acceptors (Lipinski definition) is 3. The highest BCUT2D eigenvalue weighted by molar-refractivity contribution is 9.10. The number of hydrogen-bond donors (Lipinski definition) is 1. The van der Waals surface area contributed by atoms with Crippen LogP contribution in [0.3, 0.4) is 0 Å². The van der Waals surface area contributed by atoms with E-state index in [0.717, 1.165) is 21.3 Å². The largest absolute Gasteiger partial charge is 0.493 e. The standard InChI is InChI=1S/C18H18BrNO3/c1-3-23-17-14(19)9-11(10-16(17)22-2)8-13-12-6-4-5-7-15(12)20-18(13)21/h4-7,9-10,13H,3,8H2,1-2H3,(H,20,21). The fourth-order valence-corrected chi connectivity index (χ4v) is 3.49. The molecule has 1 heterocycles. The van der Waals surface area contributed by atoms with Gasteiger partial charge in [-0.25, -0.2) is 0 Å². The van der Waals surface area contributed by atoms with Gasteiger partial charge in [-0.15, -0.1) is 0 Å². The Hall–Kier alpha value is -2.01. The van der Waals surface area contributed by atoms with Crippen LogP contribution < -0.4 is 14.8 Å². The topological polar surface area (TPSA) is 47.6 Å². The number of carbonyl (C=O) groups excluding carboxylic acids is 1. The number of ether oxygens (including phenoxy) is 2. The van der Waals surface area contributed by atoms with E-state index < -0.39 is 0 Å². The Morgan fingerprint density at radius 1 is 1.26 bits per heavy atom. The van der Waals surface area contributed by atoms with Gasteiger partial charge in [-0.2, -0.15) is 0 Å². The molecule has 1 unspecified atom stereocenters. The third-order valence-electron chi connectivity index (χ3n) is 3.93. The lowest BCUT2D eigenvalue weighted by Crippen LogP contribution is -2.14. The normalized spacial score (nSPS) is 16.0. The van der Waals surface area contributed by atoms with Crippen molar-refractivity contribution in [3.8, 4) is 11.5 Å². The van der Waals surface area contributed by atoms with E-state index in [1.54, 1.807) is 7.11 Å². The number of benzene rings is 2. The monoisotopic (exact) mass is 375 g/mol. The molecule has 3 rings (SSSR count). The van der Waals surface area contributed by atoms with Crippen LogP contribution in [0.1, 0.15) is 24.0 Å². The van der Waals surface area contributed by atoms with Gasteiger partial charge in [0.1, 0.15) is 0 Å². The zero-order chi connectivity index (χ0) is 16.4. The van der Waals surface area contributed by atoms with Gasteiger partial charge in [0.05, 0.1) is 24.1 Å². The molecule has 1 amide bonds. The summed E-state index contributed by atoms with van der Waals surface area (Å²) in [6.07, 6.45) is 0.615. The fraction of sp³-hybridized carbons (Fsp3) is 0.278. The molecular weight excluding hydrogens is 358 g/mol. The van der Waals surface area contributed by atoms with E-state index in [9.17, 15) is 4.79 Å². The highest BCUT2D eigenvalue weighted by Crippen LogP contribution is 2.40. The van der Waals surface area contributed by atoms with Crippen molar-refractivity contribution in [3.05, 3.63) is 52.0 Å². The van der Waals surface area contributed by atoms with Crippen molar-refractivity contribution >= 4 is 27.5 Å². The average Bonchev–Trinajstić information content (AvgIpc) is 2.86. The lowest BCUT2D eigenvalue weighted by atomic mass is 9.93. The van der Waals surface area contributed by atoms with Gasteiger partial charge >= 0.3 is 0 Å². The Labute approximate surface area is 143 Å². The smallest absolute Gasteiger partial charge is 0.232 e. The molecule has 0 aromatic heterocycles. The molecule has 0 saturated carbocycles.